The lowest BCUT2D eigenvalue weighted by atomic mass is 10.1. The Balaban J connectivity index is 2.52. The van der Waals surface area contributed by atoms with Gasteiger partial charge in [0.1, 0.15) is 5.69 Å². The van der Waals surface area contributed by atoms with E-state index in [0.29, 0.717) is 0 Å². The number of benzene rings is 1. The van der Waals surface area contributed by atoms with Gasteiger partial charge in [0.05, 0.1) is 11.3 Å². The molecule has 0 amide bonds. The standard InChI is InChI=1S/C11H5ClF3N2O/c12-9-2-1-6(11(13,14)15)3-8(9)10-4-7(5-18)16-17-10/h1-4H,(H,16,17). The summed E-state index contributed by atoms with van der Waals surface area (Å²) < 4.78 is 37.7. The van der Waals surface area contributed by atoms with Gasteiger partial charge in [0.25, 0.3) is 6.29 Å². The van der Waals surface area contributed by atoms with Crippen LogP contribution in [0.2, 0.25) is 5.02 Å². The lowest BCUT2D eigenvalue weighted by Gasteiger charge is -2.09. The van der Waals surface area contributed by atoms with E-state index in [4.69, 9.17) is 11.6 Å². The fourth-order valence-electron chi connectivity index (χ4n) is 1.42. The van der Waals surface area contributed by atoms with Crippen LogP contribution in [0, 0.1) is 0 Å². The second kappa shape index (κ2) is 4.45. The number of hydrogen-bond acceptors (Lipinski definition) is 2. The Kier molecular flexibility index (Phi) is 3.13. The molecule has 0 aliphatic heterocycles. The van der Waals surface area contributed by atoms with Gasteiger partial charge in [-0.25, -0.2) is 0 Å². The van der Waals surface area contributed by atoms with E-state index in [-0.39, 0.29) is 22.0 Å². The Bertz CT molecular complexity index is 592. The van der Waals surface area contributed by atoms with Crippen LogP contribution in [0.1, 0.15) is 11.3 Å². The molecule has 0 bridgehead atoms. The molecule has 0 unspecified atom stereocenters. The average Bonchev–Trinajstić information content (AvgIpc) is 2.76. The molecule has 2 rings (SSSR count). The van der Waals surface area contributed by atoms with Crippen molar-refractivity contribution in [3.05, 3.63) is 40.5 Å². The lowest BCUT2D eigenvalue weighted by Crippen LogP contribution is -2.04. The molecule has 1 aromatic carbocycles. The number of H-pyrrole nitrogens is 1. The summed E-state index contributed by atoms with van der Waals surface area (Å²) >= 11 is 5.82. The summed E-state index contributed by atoms with van der Waals surface area (Å²) in [4.78, 5) is 10.3. The third-order valence-electron chi connectivity index (χ3n) is 2.27. The van der Waals surface area contributed by atoms with Gasteiger partial charge >= 0.3 is 6.18 Å². The van der Waals surface area contributed by atoms with Gasteiger partial charge in [-0.05, 0) is 24.3 Å². The molecule has 0 aliphatic carbocycles. The fraction of sp³-hybridized carbons (Fsp3) is 0.0909. The number of rotatable bonds is 2. The Morgan fingerprint density at radius 1 is 1.28 bits per heavy atom. The Labute approximate surface area is 105 Å². The number of alkyl halides is 3. The predicted octanol–water partition coefficient (Wildman–Crippen LogP) is 3.21. The van der Waals surface area contributed by atoms with Crippen LogP contribution in [0.15, 0.2) is 24.3 Å². The molecule has 1 radical (unpaired) electrons. The number of aromatic amines is 1. The number of hydrogen-bond donors (Lipinski definition) is 1. The number of carbonyl (C=O) groups excluding carboxylic acids is 1. The van der Waals surface area contributed by atoms with Crippen molar-refractivity contribution in [3.63, 3.8) is 0 Å². The van der Waals surface area contributed by atoms with Crippen molar-refractivity contribution in [3.8, 4) is 11.3 Å². The first kappa shape index (κ1) is 12.6. The van der Waals surface area contributed by atoms with E-state index in [9.17, 15) is 18.0 Å². The van der Waals surface area contributed by atoms with E-state index in [0.717, 1.165) is 18.2 Å². The molecule has 93 valence electrons. The van der Waals surface area contributed by atoms with Gasteiger partial charge in [0.2, 0.25) is 0 Å². The zero-order chi connectivity index (χ0) is 13.3. The van der Waals surface area contributed by atoms with Gasteiger partial charge in [-0.2, -0.15) is 18.3 Å². The lowest BCUT2D eigenvalue weighted by molar-refractivity contribution is -0.137. The minimum atomic E-state index is -4.46. The predicted molar refractivity (Wildman–Crippen MR) is 58.8 cm³/mol. The highest BCUT2D eigenvalue weighted by Crippen LogP contribution is 2.35. The van der Waals surface area contributed by atoms with Crippen LogP contribution >= 0.6 is 11.6 Å². The Morgan fingerprint density at radius 3 is 2.56 bits per heavy atom. The summed E-state index contributed by atoms with van der Waals surface area (Å²) in [6, 6.07) is 4.19. The van der Waals surface area contributed by atoms with E-state index in [2.05, 4.69) is 10.2 Å². The summed E-state index contributed by atoms with van der Waals surface area (Å²) in [5, 5.41) is 6.11. The van der Waals surface area contributed by atoms with E-state index in [1.807, 2.05) is 0 Å². The highest BCUT2D eigenvalue weighted by molar-refractivity contribution is 6.33. The van der Waals surface area contributed by atoms with Crippen molar-refractivity contribution >= 4 is 17.9 Å². The second-order valence-electron chi connectivity index (χ2n) is 3.46. The highest BCUT2D eigenvalue weighted by Gasteiger charge is 2.31. The molecule has 7 heteroatoms. The van der Waals surface area contributed by atoms with Crippen LogP contribution in [0.4, 0.5) is 13.2 Å². The molecular formula is C11H5ClF3N2O. The maximum Gasteiger partial charge on any atom is 0.416 e. The maximum absolute atomic E-state index is 12.6. The van der Waals surface area contributed by atoms with Crippen LogP contribution < -0.4 is 0 Å². The normalized spacial score (nSPS) is 11.6. The van der Waals surface area contributed by atoms with Crippen molar-refractivity contribution in [1.29, 1.82) is 0 Å². The molecular weight excluding hydrogens is 269 g/mol. The number of halogens is 4. The van der Waals surface area contributed by atoms with Crippen LogP contribution in [0.5, 0.6) is 0 Å². The third-order valence-corrected chi connectivity index (χ3v) is 2.60. The Hall–Kier alpha value is -1.82. The SMILES string of the molecule is O=[C]c1cc(-c2cc(C(F)(F)F)ccc2Cl)[nH]n1. The molecule has 1 heterocycles. The molecule has 0 saturated heterocycles. The molecule has 0 atom stereocenters. The van der Waals surface area contributed by atoms with E-state index in [1.54, 1.807) is 0 Å². The molecule has 1 aromatic heterocycles. The summed E-state index contributed by atoms with van der Waals surface area (Å²) in [5.41, 5.74) is -0.503. The van der Waals surface area contributed by atoms with Crippen molar-refractivity contribution in [2.24, 2.45) is 0 Å². The van der Waals surface area contributed by atoms with Gasteiger partial charge in [0, 0.05) is 10.6 Å². The van der Waals surface area contributed by atoms with Crippen molar-refractivity contribution < 1.29 is 18.0 Å². The number of aromatic nitrogens is 2. The largest absolute Gasteiger partial charge is 0.416 e. The summed E-state index contributed by atoms with van der Waals surface area (Å²) in [7, 11) is 0. The summed E-state index contributed by atoms with van der Waals surface area (Å²) in [5.74, 6) is 0. The molecule has 18 heavy (non-hydrogen) atoms. The average molecular weight is 274 g/mol. The molecule has 0 aliphatic rings. The van der Waals surface area contributed by atoms with Crippen LogP contribution in [-0.4, -0.2) is 16.5 Å². The first-order valence-electron chi connectivity index (χ1n) is 4.72. The zero-order valence-corrected chi connectivity index (χ0v) is 9.43. The molecule has 2 aromatic rings. The molecule has 0 spiro atoms. The van der Waals surface area contributed by atoms with Gasteiger partial charge in [0.15, 0.2) is 0 Å². The van der Waals surface area contributed by atoms with Crippen LogP contribution in [0.25, 0.3) is 11.3 Å². The van der Waals surface area contributed by atoms with Gasteiger partial charge < -0.3 is 0 Å². The number of nitrogens with zero attached hydrogens (tertiary/aromatic N) is 1. The van der Waals surface area contributed by atoms with E-state index < -0.39 is 11.7 Å². The maximum atomic E-state index is 12.6. The van der Waals surface area contributed by atoms with Gasteiger partial charge in [-0.3, -0.25) is 9.89 Å². The minimum absolute atomic E-state index is 0.0292. The molecule has 0 saturated carbocycles. The number of nitrogens with one attached hydrogen (secondary N) is 1. The van der Waals surface area contributed by atoms with Crippen molar-refractivity contribution in [2.45, 2.75) is 6.18 Å². The fourth-order valence-corrected chi connectivity index (χ4v) is 1.64. The molecule has 3 nitrogen and oxygen atoms in total. The minimum Gasteiger partial charge on any atom is -0.283 e. The van der Waals surface area contributed by atoms with E-state index >= 15 is 0 Å². The van der Waals surface area contributed by atoms with Crippen molar-refractivity contribution in [1.82, 2.24) is 10.2 Å². The summed E-state index contributed by atoms with van der Waals surface area (Å²) in [6.45, 7) is 0. The first-order chi connectivity index (χ1) is 8.41. The van der Waals surface area contributed by atoms with Gasteiger partial charge in [-0.15, -0.1) is 0 Å². The third kappa shape index (κ3) is 2.38. The highest BCUT2D eigenvalue weighted by atomic mass is 35.5. The first-order valence-corrected chi connectivity index (χ1v) is 5.10. The monoisotopic (exact) mass is 273 g/mol. The molecule has 0 fully saturated rings. The topological polar surface area (TPSA) is 45.8 Å². The van der Waals surface area contributed by atoms with Crippen molar-refractivity contribution in [2.75, 3.05) is 0 Å². The van der Waals surface area contributed by atoms with E-state index in [1.165, 1.54) is 12.4 Å². The van der Waals surface area contributed by atoms with Crippen LogP contribution in [-0.2, 0) is 11.0 Å². The summed E-state index contributed by atoms with van der Waals surface area (Å²) in [6.07, 6.45) is -2.94. The van der Waals surface area contributed by atoms with Crippen LogP contribution in [0.3, 0.4) is 0 Å². The quantitative estimate of drug-likeness (QED) is 0.913. The molecule has 1 N–H and O–H groups in total. The van der Waals surface area contributed by atoms with Gasteiger partial charge in [-0.1, -0.05) is 11.6 Å². The second-order valence-corrected chi connectivity index (χ2v) is 3.87. The zero-order valence-electron chi connectivity index (χ0n) is 8.68. The smallest absolute Gasteiger partial charge is 0.283 e. The Morgan fingerprint density at radius 2 is 2.00 bits per heavy atom.